The van der Waals surface area contributed by atoms with Crippen LogP contribution in [0.4, 0.5) is 4.39 Å². The van der Waals surface area contributed by atoms with Crippen LogP contribution in [-0.2, 0) is 0 Å². The van der Waals surface area contributed by atoms with E-state index in [-0.39, 0.29) is 0 Å². The number of likely N-dealkylation sites (tertiary alicyclic amines) is 1. The molecule has 0 aromatic rings. The number of β-amino-alcohol motifs (C(OH)–C–C–N with tert-alkyl or cyclic N) is 1. The summed E-state index contributed by atoms with van der Waals surface area (Å²) in [6.45, 7) is 4.11. The molecule has 13 heavy (non-hydrogen) atoms. The molecule has 0 radical (unpaired) electrons. The molecule has 0 aromatic heterocycles. The molecule has 3 nitrogen and oxygen atoms in total. The van der Waals surface area contributed by atoms with Gasteiger partial charge >= 0.3 is 0 Å². The van der Waals surface area contributed by atoms with Gasteiger partial charge in [0.2, 0.25) is 0 Å². The van der Waals surface area contributed by atoms with E-state index in [4.69, 9.17) is 5.11 Å². The number of hydrogen-bond acceptors (Lipinski definition) is 3. The van der Waals surface area contributed by atoms with Crippen LogP contribution in [0.2, 0.25) is 0 Å². The Labute approximate surface area is 77.9 Å². The van der Waals surface area contributed by atoms with Crippen LogP contribution in [0.5, 0.6) is 0 Å². The number of aliphatic hydroxyl groups excluding tert-OH is 1. The highest BCUT2D eigenvalue weighted by Crippen LogP contribution is 2.25. The number of nitrogens with zero attached hydrogens (tertiary/aromatic N) is 1. The van der Waals surface area contributed by atoms with Crippen molar-refractivity contribution in [2.24, 2.45) is 11.8 Å². The van der Waals surface area contributed by atoms with Gasteiger partial charge in [-0.25, -0.2) is 4.39 Å². The minimum absolute atomic E-state index is 0.503. The summed E-state index contributed by atoms with van der Waals surface area (Å²) < 4.78 is 12.0. The number of hydrogen-bond donors (Lipinski definition) is 2. The van der Waals surface area contributed by atoms with Gasteiger partial charge in [-0.15, -0.1) is 0 Å². The highest BCUT2D eigenvalue weighted by Gasteiger charge is 2.36. The summed E-state index contributed by atoms with van der Waals surface area (Å²) in [6, 6.07) is 0. The lowest BCUT2D eigenvalue weighted by molar-refractivity contribution is 0.0966. The van der Waals surface area contributed by atoms with Crippen molar-refractivity contribution in [2.45, 2.75) is 6.10 Å². The Kier molecular flexibility index (Phi) is 2.81. The Hall–Kier alpha value is -0.190. The molecule has 76 valence electrons. The van der Waals surface area contributed by atoms with Gasteiger partial charge in [-0.2, -0.15) is 0 Å². The quantitative estimate of drug-likeness (QED) is 0.625. The monoisotopic (exact) mass is 188 g/mol. The molecule has 0 amide bonds. The van der Waals surface area contributed by atoms with Crippen molar-refractivity contribution in [2.75, 3.05) is 39.4 Å². The molecule has 3 atom stereocenters. The second-order valence-corrected chi connectivity index (χ2v) is 4.21. The Morgan fingerprint density at radius 1 is 1.38 bits per heavy atom. The molecule has 2 aliphatic heterocycles. The summed E-state index contributed by atoms with van der Waals surface area (Å²) in [7, 11) is 0. The highest BCUT2D eigenvalue weighted by atomic mass is 19.1. The molecule has 0 spiro atoms. The summed E-state index contributed by atoms with van der Waals surface area (Å²) in [5.74, 6) is 1.46. The maximum atomic E-state index is 12.0. The van der Waals surface area contributed by atoms with E-state index in [1.54, 1.807) is 0 Å². The fourth-order valence-electron chi connectivity index (χ4n) is 2.45. The molecule has 2 N–H and O–H groups in total. The van der Waals surface area contributed by atoms with Crippen LogP contribution in [0.1, 0.15) is 0 Å². The minimum Gasteiger partial charge on any atom is -0.389 e. The Balaban J connectivity index is 1.78. The van der Waals surface area contributed by atoms with Crippen molar-refractivity contribution in [3.63, 3.8) is 0 Å². The van der Waals surface area contributed by atoms with Gasteiger partial charge in [-0.1, -0.05) is 0 Å². The smallest absolute Gasteiger partial charge is 0.117 e. The predicted molar refractivity (Wildman–Crippen MR) is 48.3 cm³/mol. The van der Waals surface area contributed by atoms with Gasteiger partial charge in [0.25, 0.3) is 0 Å². The molecule has 2 saturated heterocycles. The van der Waals surface area contributed by atoms with Crippen molar-refractivity contribution in [1.82, 2.24) is 10.2 Å². The van der Waals surface area contributed by atoms with Gasteiger partial charge in [0.05, 0.1) is 6.10 Å². The zero-order valence-corrected chi connectivity index (χ0v) is 7.75. The first-order chi connectivity index (χ1) is 6.29. The normalized spacial score (nSPS) is 36.5. The zero-order chi connectivity index (χ0) is 9.26. The third-order valence-electron chi connectivity index (χ3n) is 3.11. The Morgan fingerprint density at radius 2 is 2.00 bits per heavy atom. The van der Waals surface area contributed by atoms with Gasteiger partial charge in [0.1, 0.15) is 6.67 Å². The minimum atomic E-state index is -0.785. The molecule has 0 aromatic carbocycles. The number of rotatable bonds is 3. The summed E-state index contributed by atoms with van der Waals surface area (Å²) >= 11 is 0. The van der Waals surface area contributed by atoms with Gasteiger partial charge in [0.15, 0.2) is 0 Å². The van der Waals surface area contributed by atoms with E-state index in [1.807, 2.05) is 0 Å². The van der Waals surface area contributed by atoms with Crippen LogP contribution in [-0.4, -0.2) is 55.5 Å². The molecule has 2 rings (SSSR count). The van der Waals surface area contributed by atoms with E-state index >= 15 is 0 Å². The average molecular weight is 188 g/mol. The molecular formula is C9H17FN2O. The van der Waals surface area contributed by atoms with Crippen LogP contribution in [0.3, 0.4) is 0 Å². The van der Waals surface area contributed by atoms with Crippen LogP contribution in [0.25, 0.3) is 0 Å². The van der Waals surface area contributed by atoms with E-state index in [2.05, 4.69) is 10.2 Å². The third-order valence-corrected chi connectivity index (χ3v) is 3.11. The predicted octanol–water partition coefficient (Wildman–Crippen LogP) is -0.532. The second kappa shape index (κ2) is 3.90. The Bertz CT molecular complexity index is 164. The average Bonchev–Trinajstić information content (AvgIpc) is 2.63. The molecule has 2 fully saturated rings. The first-order valence-electron chi connectivity index (χ1n) is 4.96. The summed E-state index contributed by atoms with van der Waals surface area (Å²) in [5.41, 5.74) is 0. The van der Waals surface area contributed by atoms with Crippen molar-refractivity contribution < 1.29 is 9.50 Å². The summed E-state index contributed by atoms with van der Waals surface area (Å²) in [6.07, 6.45) is -0.785. The molecule has 0 aliphatic carbocycles. The zero-order valence-electron chi connectivity index (χ0n) is 7.75. The molecule has 2 aliphatic rings. The molecule has 2 heterocycles. The van der Waals surface area contributed by atoms with Crippen molar-refractivity contribution >= 4 is 0 Å². The number of alkyl halides is 1. The van der Waals surface area contributed by atoms with Crippen LogP contribution in [0, 0.1) is 11.8 Å². The fraction of sp³-hybridized carbons (Fsp3) is 1.00. The molecule has 3 unspecified atom stereocenters. The summed E-state index contributed by atoms with van der Waals surface area (Å²) in [4.78, 5) is 2.18. The van der Waals surface area contributed by atoms with Gasteiger partial charge in [0, 0.05) is 19.6 Å². The Morgan fingerprint density at radius 3 is 2.54 bits per heavy atom. The molecular weight excluding hydrogens is 171 g/mol. The SMILES string of the molecule is OC(CF)CN1CC2CNCC2C1. The van der Waals surface area contributed by atoms with Crippen LogP contribution in [0.15, 0.2) is 0 Å². The third kappa shape index (κ3) is 2.00. The van der Waals surface area contributed by atoms with Gasteiger partial charge in [-0.05, 0) is 24.9 Å². The summed E-state index contributed by atoms with van der Waals surface area (Å²) in [5, 5.41) is 12.5. The standard InChI is InChI=1S/C9H17FN2O/c10-1-9(13)6-12-4-7-2-11-3-8(7)5-12/h7-9,11,13H,1-6H2. The lowest BCUT2D eigenvalue weighted by Crippen LogP contribution is -2.34. The number of nitrogens with one attached hydrogen (secondary N) is 1. The highest BCUT2D eigenvalue weighted by molar-refractivity contribution is 4.91. The van der Waals surface area contributed by atoms with E-state index in [9.17, 15) is 4.39 Å². The number of aliphatic hydroxyl groups is 1. The number of fused-ring (bicyclic) bond motifs is 1. The first kappa shape index (κ1) is 9.37. The number of halogens is 1. The van der Waals surface area contributed by atoms with Crippen LogP contribution < -0.4 is 5.32 Å². The van der Waals surface area contributed by atoms with E-state index in [0.717, 1.165) is 38.0 Å². The maximum absolute atomic E-state index is 12.0. The van der Waals surface area contributed by atoms with Crippen molar-refractivity contribution in [3.05, 3.63) is 0 Å². The van der Waals surface area contributed by atoms with E-state index < -0.39 is 12.8 Å². The largest absolute Gasteiger partial charge is 0.389 e. The maximum Gasteiger partial charge on any atom is 0.117 e. The lowest BCUT2D eigenvalue weighted by atomic mass is 10.0. The second-order valence-electron chi connectivity index (χ2n) is 4.21. The molecule has 4 heteroatoms. The van der Waals surface area contributed by atoms with E-state index in [1.165, 1.54) is 0 Å². The molecule has 0 bridgehead atoms. The van der Waals surface area contributed by atoms with E-state index in [0.29, 0.717) is 6.54 Å². The molecule has 0 saturated carbocycles. The van der Waals surface area contributed by atoms with Gasteiger partial charge < -0.3 is 10.4 Å². The van der Waals surface area contributed by atoms with Gasteiger partial charge in [-0.3, -0.25) is 4.90 Å². The fourth-order valence-corrected chi connectivity index (χ4v) is 2.45. The van der Waals surface area contributed by atoms with Crippen molar-refractivity contribution in [3.8, 4) is 0 Å². The lowest BCUT2D eigenvalue weighted by Gasteiger charge is -2.18. The van der Waals surface area contributed by atoms with Crippen LogP contribution >= 0.6 is 0 Å². The first-order valence-corrected chi connectivity index (χ1v) is 4.96. The van der Waals surface area contributed by atoms with Crippen molar-refractivity contribution in [1.29, 1.82) is 0 Å². The topological polar surface area (TPSA) is 35.5 Å².